The van der Waals surface area contributed by atoms with Gasteiger partial charge in [-0.1, -0.05) is 11.3 Å². The average molecular weight is 288 g/mol. The minimum absolute atomic E-state index is 0.350. The maximum Gasteiger partial charge on any atom is 0.349 e. The molecule has 0 spiro atoms. The molecule has 0 saturated heterocycles. The van der Waals surface area contributed by atoms with Crippen LogP contribution in [0.5, 0.6) is 0 Å². The average Bonchev–Trinajstić information content (AvgIpc) is 2.89. The molecular formula is C12H20N2O4S. The molecule has 0 atom stereocenters. The van der Waals surface area contributed by atoms with Gasteiger partial charge in [0.25, 0.3) is 0 Å². The van der Waals surface area contributed by atoms with Gasteiger partial charge in [0, 0.05) is 20.3 Å². The number of hydrogen-bond donors (Lipinski definition) is 1. The van der Waals surface area contributed by atoms with Crippen molar-refractivity contribution in [2.24, 2.45) is 0 Å². The van der Waals surface area contributed by atoms with E-state index in [4.69, 9.17) is 9.47 Å². The van der Waals surface area contributed by atoms with Crippen LogP contribution >= 0.6 is 11.3 Å². The summed E-state index contributed by atoms with van der Waals surface area (Å²) in [5.41, 5.74) is 0. The van der Waals surface area contributed by atoms with Gasteiger partial charge in [-0.15, -0.1) is 0 Å². The molecule has 0 aliphatic heterocycles. The summed E-state index contributed by atoms with van der Waals surface area (Å²) >= 11 is 1.30. The van der Waals surface area contributed by atoms with E-state index < -0.39 is 0 Å². The van der Waals surface area contributed by atoms with Crippen LogP contribution in [0.1, 0.15) is 22.5 Å². The molecule has 1 rings (SSSR count). The van der Waals surface area contributed by atoms with Crippen molar-refractivity contribution in [1.82, 2.24) is 4.98 Å². The highest BCUT2D eigenvalue weighted by Gasteiger charge is 2.09. The zero-order valence-corrected chi connectivity index (χ0v) is 12.1. The van der Waals surface area contributed by atoms with Crippen LogP contribution in [0.25, 0.3) is 0 Å². The molecule has 7 heteroatoms. The van der Waals surface area contributed by atoms with Crippen molar-refractivity contribution >= 4 is 22.4 Å². The number of ether oxygens (including phenoxy) is 3. The van der Waals surface area contributed by atoms with Gasteiger partial charge < -0.3 is 19.5 Å². The van der Waals surface area contributed by atoms with Crippen molar-refractivity contribution in [3.63, 3.8) is 0 Å². The van der Waals surface area contributed by atoms with E-state index in [1.54, 1.807) is 7.11 Å². The Morgan fingerprint density at radius 1 is 1.32 bits per heavy atom. The summed E-state index contributed by atoms with van der Waals surface area (Å²) in [5, 5.41) is 3.90. The lowest BCUT2D eigenvalue weighted by molar-refractivity contribution is 0.0606. The SMILES string of the molecule is COCCOCCCCNc1ncc(C(=O)OC)s1. The Morgan fingerprint density at radius 2 is 2.16 bits per heavy atom. The molecule has 1 heterocycles. The summed E-state index contributed by atoms with van der Waals surface area (Å²) in [6.45, 7) is 2.81. The number of esters is 1. The first-order valence-electron chi connectivity index (χ1n) is 6.12. The number of nitrogens with one attached hydrogen (secondary N) is 1. The van der Waals surface area contributed by atoms with Crippen molar-refractivity contribution in [3.05, 3.63) is 11.1 Å². The Balaban J connectivity index is 2.06. The number of unbranched alkanes of at least 4 members (excludes halogenated alkanes) is 1. The number of methoxy groups -OCH3 is 2. The lowest BCUT2D eigenvalue weighted by atomic mass is 10.3. The third kappa shape index (κ3) is 6.51. The summed E-state index contributed by atoms with van der Waals surface area (Å²) in [6, 6.07) is 0. The molecule has 0 aromatic carbocycles. The van der Waals surface area contributed by atoms with E-state index in [1.165, 1.54) is 24.6 Å². The normalized spacial score (nSPS) is 10.4. The fraction of sp³-hybridized carbons (Fsp3) is 0.667. The molecular weight excluding hydrogens is 268 g/mol. The Morgan fingerprint density at radius 3 is 2.89 bits per heavy atom. The molecule has 0 bridgehead atoms. The molecule has 1 aromatic rings. The van der Waals surface area contributed by atoms with Gasteiger partial charge in [-0.2, -0.15) is 0 Å². The minimum atomic E-state index is -0.350. The number of nitrogens with zero attached hydrogens (tertiary/aromatic N) is 1. The van der Waals surface area contributed by atoms with Gasteiger partial charge in [-0.25, -0.2) is 9.78 Å². The number of aromatic nitrogens is 1. The Kier molecular flexibility index (Phi) is 8.11. The van der Waals surface area contributed by atoms with E-state index in [2.05, 4.69) is 15.0 Å². The van der Waals surface area contributed by atoms with Crippen LogP contribution in [0, 0.1) is 0 Å². The number of thiazole rings is 1. The maximum absolute atomic E-state index is 11.2. The molecule has 6 nitrogen and oxygen atoms in total. The smallest absolute Gasteiger partial charge is 0.349 e. The number of anilines is 1. The van der Waals surface area contributed by atoms with Crippen LogP contribution in [0.2, 0.25) is 0 Å². The summed E-state index contributed by atoms with van der Waals surface area (Å²) in [4.78, 5) is 15.8. The maximum atomic E-state index is 11.2. The molecule has 0 aliphatic carbocycles. The molecule has 1 N–H and O–H groups in total. The predicted molar refractivity (Wildman–Crippen MR) is 73.9 cm³/mol. The van der Waals surface area contributed by atoms with Crippen LogP contribution < -0.4 is 5.32 Å². The second kappa shape index (κ2) is 9.71. The van der Waals surface area contributed by atoms with Crippen molar-refractivity contribution in [2.45, 2.75) is 12.8 Å². The summed E-state index contributed by atoms with van der Waals surface area (Å²) < 4.78 is 14.8. The number of hydrogen-bond acceptors (Lipinski definition) is 7. The van der Waals surface area contributed by atoms with Crippen LogP contribution in [-0.4, -0.2) is 51.5 Å². The molecule has 1 aromatic heterocycles. The Bertz CT molecular complexity index is 370. The highest BCUT2D eigenvalue weighted by Crippen LogP contribution is 2.18. The van der Waals surface area contributed by atoms with Gasteiger partial charge in [-0.05, 0) is 12.8 Å². The lowest BCUT2D eigenvalue weighted by Crippen LogP contribution is -2.06. The largest absolute Gasteiger partial charge is 0.465 e. The highest BCUT2D eigenvalue weighted by molar-refractivity contribution is 7.17. The summed E-state index contributed by atoms with van der Waals surface area (Å²) in [7, 11) is 3.02. The van der Waals surface area contributed by atoms with Gasteiger partial charge in [0.2, 0.25) is 0 Å². The van der Waals surface area contributed by atoms with Gasteiger partial charge in [0.05, 0.1) is 26.5 Å². The molecule has 0 aliphatic rings. The fourth-order valence-electron chi connectivity index (χ4n) is 1.32. The molecule has 108 valence electrons. The third-order valence-corrected chi connectivity index (χ3v) is 3.25. The zero-order chi connectivity index (χ0) is 13.9. The lowest BCUT2D eigenvalue weighted by Gasteiger charge is -2.04. The topological polar surface area (TPSA) is 69.7 Å². The minimum Gasteiger partial charge on any atom is -0.465 e. The van der Waals surface area contributed by atoms with E-state index in [9.17, 15) is 4.79 Å². The zero-order valence-electron chi connectivity index (χ0n) is 11.3. The van der Waals surface area contributed by atoms with Gasteiger partial charge >= 0.3 is 5.97 Å². The van der Waals surface area contributed by atoms with Crippen LogP contribution in [0.15, 0.2) is 6.20 Å². The van der Waals surface area contributed by atoms with E-state index in [-0.39, 0.29) is 5.97 Å². The number of carbonyl (C=O) groups is 1. The van der Waals surface area contributed by atoms with E-state index >= 15 is 0 Å². The second-order valence-electron chi connectivity index (χ2n) is 3.76. The molecule has 0 amide bonds. The van der Waals surface area contributed by atoms with E-state index in [0.29, 0.717) is 18.1 Å². The molecule has 19 heavy (non-hydrogen) atoms. The summed E-state index contributed by atoms with van der Waals surface area (Å²) in [5.74, 6) is -0.350. The van der Waals surface area contributed by atoms with Crippen molar-refractivity contribution in [3.8, 4) is 0 Å². The monoisotopic (exact) mass is 288 g/mol. The first-order chi connectivity index (χ1) is 9.27. The second-order valence-corrected chi connectivity index (χ2v) is 4.79. The predicted octanol–water partition coefficient (Wildman–Crippen LogP) is 1.78. The van der Waals surface area contributed by atoms with E-state index in [1.807, 2.05) is 0 Å². The molecule has 0 saturated carbocycles. The van der Waals surface area contributed by atoms with Crippen molar-refractivity contribution in [2.75, 3.05) is 45.9 Å². The first kappa shape index (κ1) is 15.9. The fourth-order valence-corrected chi connectivity index (χ4v) is 2.08. The summed E-state index contributed by atoms with van der Waals surface area (Å²) in [6.07, 6.45) is 3.48. The number of rotatable bonds is 10. The number of carbonyl (C=O) groups excluding carboxylic acids is 1. The van der Waals surface area contributed by atoms with Crippen molar-refractivity contribution in [1.29, 1.82) is 0 Å². The van der Waals surface area contributed by atoms with E-state index in [0.717, 1.165) is 31.1 Å². The molecule has 0 radical (unpaired) electrons. The Labute approximate surface area is 117 Å². The highest BCUT2D eigenvalue weighted by atomic mass is 32.1. The van der Waals surface area contributed by atoms with Gasteiger partial charge in [0.1, 0.15) is 4.88 Å². The standard InChI is InChI=1S/C12H20N2O4S/c1-16-7-8-18-6-4-3-5-13-12-14-9-10(19-12)11(15)17-2/h9H,3-8H2,1-2H3,(H,13,14). The quantitative estimate of drug-likeness (QED) is 0.523. The Hall–Kier alpha value is -1.18. The molecule has 0 unspecified atom stereocenters. The van der Waals surface area contributed by atoms with Crippen LogP contribution in [0.3, 0.4) is 0 Å². The van der Waals surface area contributed by atoms with Crippen LogP contribution in [-0.2, 0) is 14.2 Å². The van der Waals surface area contributed by atoms with Gasteiger partial charge in [-0.3, -0.25) is 0 Å². The molecule has 0 fully saturated rings. The third-order valence-electron chi connectivity index (χ3n) is 2.32. The van der Waals surface area contributed by atoms with Crippen molar-refractivity contribution < 1.29 is 19.0 Å². The van der Waals surface area contributed by atoms with Gasteiger partial charge in [0.15, 0.2) is 5.13 Å². The first-order valence-corrected chi connectivity index (χ1v) is 6.94. The van der Waals surface area contributed by atoms with Crippen LogP contribution in [0.4, 0.5) is 5.13 Å².